The Labute approximate surface area is 179 Å². The molecule has 2 aliphatic rings. The van der Waals surface area contributed by atoms with E-state index in [0.29, 0.717) is 49.1 Å². The van der Waals surface area contributed by atoms with Gasteiger partial charge in [-0.3, -0.25) is 4.79 Å². The van der Waals surface area contributed by atoms with Crippen molar-refractivity contribution in [3.63, 3.8) is 0 Å². The molecule has 0 N–H and O–H groups in total. The van der Waals surface area contributed by atoms with Crippen LogP contribution in [0.4, 0.5) is 8.78 Å². The second-order valence-corrected chi connectivity index (χ2v) is 8.66. The maximum absolute atomic E-state index is 13.3. The standard InChI is InChI=1S/C24H23ClF2O3/c25-18-8-5-15(6-9-18)16-11-13-24(14-12-16,30-23(29)22(26)27)20-10-7-17-3-1-2-4-19(17)21(20)28/h1-6,8-9,16,20,22H,7,10-14H2. The van der Waals surface area contributed by atoms with E-state index in [-0.39, 0.29) is 11.7 Å². The van der Waals surface area contributed by atoms with Crippen molar-refractivity contribution in [2.45, 2.75) is 56.5 Å². The predicted molar refractivity (Wildman–Crippen MR) is 110 cm³/mol. The number of alkyl halides is 2. The molecule has 1 unspecified atom stereocenters. The molecule has 0 bridgehead atoms. The minimum atomic E-state index is -3.21. The van der Waals surface area contributed by atoms with Gasteiger partial charge >= 0.3 is 12.4 Å². The average Bonchev–Trinajstić information content (AvgIpc) is 2.75. The van der Waals surface area contributed by atoms with Crippen molar-refractivity contribution in [1.29, 1.82) is 0 Å². The molecular formula is C24H23ClF2O3. The van der Waals surface area contributed by atoms with E-state index in [2.05, 4.69) is 0 Å². The summed E-state index contributed by atoms with van der Waals surface area (Å²) in [6.45, 7) is 0. The Bertz CT molecular complexity index is 934. The molecule has 30 heavy (non-hydrogen) atoms. The maximum atomic E-state index is 13.3. The number of rotatable bonds is 4. The van der Waals surface area contributed by atoms with Gasteiger partial charge in [0.1, 0.15) is 5.60 Å². The predicted octanol–water partition coefficient (Wildman–Crippen LogP) is 5.99. The van der Waals surface area contributed by atoms with Crippen LogP contribution in [-0.2, 0) is 16.0 Å². The van der Waals surface area contributed by atoms with Crippen LogP contribution in [0.5, 0.6) is 0 Å². The number of hydrogen-bond donors (Lipinski definition) is 0. The fourth-order valence-corrected chi connectivity index (χ4v) is 5.17. The average molecular weight is 433 g/mol. The molecule has 0 radical (unpaired) electrons. The molecule has 0 amide bonds. The van der Waals surface area contributed by atoms with E-state index in [1.54, 1.807) is 12.1 Å². The molecule has 1 saturated carbocycles. The molecule has 158 valence electrons. The molecule has 3 nitrogen and oxygen atoms in total. The summed E-state index contributed by atoms with van der Waals surface area (Å²) in [5.41, 5.74) is 1.51. The second kappa shape index (κ2) is 8.46. The number of esters is 1. The van der Waals surface area contributed by atoms with Crippen LogP contribution in [0.15, 0.2) is 48.5 Å². The van der Waals surface area contributed by atoms with Gasteiger partial charge in [-0.25, -0.2) is 4.79 Å². The van der Waals surface area contributed by atoms with Gasteiger partial charge in [0.15, 0.2) is 5.78 Å². The number of aryl methyl sites for hydroxylation is 1. The highest BCUT2D eigenvalue weighted by atomic mass is 35.5. The zero-order valence-corrected chi connectivity index (χ0v) is 17.2. The van der Waals surface area contributed by atoms with Gasteiger partial charge in [-0.2, -0.15) is 8.78 Å². The van der Waals surface area contributed by atoms with E-state index in [1.165, 1.54) is 0 Å². The third-order valence-corrected chi connectivity index (χ3v) is 6.84. The topological polar surface area (TPSA) is 43.4 Å². The number of fused-ring (bicyclic) bond motifs is 1. The molecule has 0 saturated heterocycles. The number of halogens is 3. The van der Waals surface area contributed by atoms with Gasteiger partial charge in [-0.15, -0.1) is 0 Å². The molecule has 2 aliphatic carbocycles. The van der Waals surface area contributed by atoms with Crippen molar-refractivity contribution in [1.82, 2.24) is 0 Å². The molecule has 0 spiro atoms. The summed E-state index contributed by atoms with van der Waals surface area (Å²) in [6.07, 6.45) is 0.0443. The van der Waals surface area contributed by atoms with Crippen LogP contribution in [0.2, 0.25) is 5.02 Å². The summed E-state index contributed by atoms with van der Waals surface area (Å²) in [7, 11) is 0. The SMILES string of the molecule is O=C(OC1(C2CCc3ccccc3C2=O)CCC(c2ccc(Cl)cc2)CC1)C(F)F. The Morgan fingerprint density at radius 1 is 1.03 bits per heavy atom. The molecule has 2 aromatic rings. The lowest BCUT2D eigenvalue weighted by Gasteiger charge is -2.45. The van der Waals surface area contributed by atoms with E-state index in [4.69, 9.17) is 16.3 Å². The van der Waals surface area contributed by atoms with E-state index in [9.17, 15) is 18.4 Å². The quantitative estimate of drug-likeness (QED) is 0.557. The number of hydrogen-bond acceptors (Lipinski definition) is 3. The molecule has 2 aromatic carbocycles. The number of benzene rings is 2. The monoisotopic (exact) mass is 432 g/mol. The number of ether oxygens (including phenoxy) is 1. The molecule has 1 fully saturated rings. The Balaban J connectivity index is 1.60. The van der Waals surface area contributed by atoms with Crippen LogP contribution in [0, 0.1) is 5.92 Å². The third-order valence-electron chi connectivity index (χ3n) is 6.59. The van der Waals surface area contributed by atoms with E-state index in [1.807, 2.05) is 36.4 Å². The van der Waals surface area contributed by atoms with Gasteiger partial charge in [0.05, 0.1) is 5.92 Å². The number of carbonyl (C=O) groups excluding carboxylic acids is 2. The highest BCUT2D eigenvalue weighted by Crippen LogP contribution is 2.47. The van der Waals surface area contributed by atoms with E-state index in [0.717, 1.165) is 11.1 Å². The van der Waals surface area contributed by atoms with Gasteiger partial charge in [-0.05, 0) is 67.7 Å². The summed E-state index contributed by atoms with van der Waals surface area (Å²) >= 11 is 5.98. The van der Waals surface area contributed by atoms with Gasteiger partial charge in [-0.1, -0.05) is 48.0 Å². The first-order valence-electron chi connectivity index (χ1n) is 10.3. The second-order valence-electron chi connectivity index (χ2n) is 8.23. The van der Waals surface area contributed by atoms with Gasteiger partial charge in [0.2, 0.25) is 0 Å². The van der Waals surface area contributed by atoms with E-state index < -0.39 is 23.9 Å². The number of ketones is 1. The van der Waals surface area contributed by atoms with E-state index >= 15 is 0 Å². The zero-order chi connectivity index (χ0) is 21.3. The van der Waals surface area contributed by atoms with Crippen LogP contribution in [0.1, 0.15) is 59.5 Å². The highest BCUT2D eigenvalue weighted by Gasteiger charge is 2.50. The molecule has 0 aromatic heterocycles. The van der Waals surface area contributed by atoms with Crippen LogP contribution in [0.25, 0.3) is 0 Å². The van der Waals surface area contributed by atoms with Crippen LogP contribution in [0.3, 0.4) is 0 Å². The Morgan fingerprint density at radius 3 is 2.37 bits per heavy atom. The minimum absolute atomic E-state index is 0.108. The van der Waals surface area contributed by atoms with Crippen molar-refractivity contribution >= 4 is 23.4 Å². The third kappa shape index (κ3) is 4.00. The lowest BCUT2D eigenvalue weighted by Crippen LogP contribution is -2.50. The van der Waals surface area contributed by atoms with Gasteiger partial charge in [0, 0.05) is 10.6 Å². The van der Waals surface area contributed by atoms with Crippen LogP contribution >= 0.6 is 11.6 Å². The molecule has 1 atom stereocenters. The summed E-state index contributed by atoms with van der Waals surface area (Å²) in [5.74, 6) is -2.02. The van der Waals surface area contributed by atoms with Crippen LogP contribution in [-0.4, -0.2) is 23.8 Å². The van der Waals surface area contributed by atoms with Crippen molar-refractivity contribution in [2.75, 3.05) is 0 Å². The van der Waals surface area contributed by atoms with Crippen molar-refractivity contribution in [2.24, 2.45) is 5.92 Å². The first-order valence-corrected chi connectivity index (χ1v) is 10.7. The summed E-state index contributed by atoms with van der Waals surface area (Å²) < 4.78 is 31.6. The molecule has 0 heterocycles. The maximum Gasteiger partial charge on any atom is 0.374 e. The summed E-state index contributed by atoms with van der Waals surface area (Å²) in [6, 6.07) is 15.0. The Kier molecular flexibility index (Phi) is 5.92. The molecule has 4 rings (SSSR count). The van der Waals surface area contributed by atoms with Gasteiger partial charge < -0.3 is 4.74 Å². The Hall–Kier alpha value is -2.27. The van der Waals surface area contributed by atoms with Crippen LogP contribution < -0.4 is 0 Å². The van der Waals surface area contributed by atoms with Crippen molar-refractivity contribution < 1.29 is 23.1 Å². The molecule has 0 aliphatic heterocycles. The van der Waals surface area contributed by atoms with Crippen molar-refractivity contribution in [3.8, 4) is 0 Å². The minimum Gasteiger partial charge on any atom is -0.454 e. The first-order chi connectivity index (χ1) is 14.4. The fraction of sp³-hybridized carbons (Fsp3) is 0.417. The number of carbonyl (C=O) groups is 2. The first kappa shape index (κ1) is 21.0. The number of Topliss-reactive ketones (excluding diaryl/α,β-unsaturated/α-hetero) is 1. The molecule has 6 heteroatoms. The lowest BCUT2D eigenvalue weighted by molar-refractivity contribution is -0.182. The Morgan fingerprint density at radius 2 is 1.70 bits per heavy atom. The molecular weight excluding hydrogens is 410 g/mol. The normalized spacial score (nSPS) is 26.3. The summed E-state index contributed by atoms with van der Waals surface area (Å²) in [5, 5.41) is 0.654. The summed E-state index contributed by atoms with van der Waals surface area (Å²) in [4.78, 5) is 25.2. The zero-order valence-electron chi connectivity index (χ0n) is 16.5. The van der Waals surface area contributed by atoms with Gasteiger partial charge in [0.25, 0.3) is 0 Å². The fourth-order valence-electron chi connectivity index (χ4n) is 5.04. The lowest BCUT2D eigenvalue weighted by atomic mass is 9.65. The van der Waals surface area contributed by atoms with Crippen molar-refractivity contribution in [3.05, 3.63) is 70.2 Å². The smallest absolute Gasteiger partial charge is 0.374 e. The highest BCUT2D eigenvalue weighted by molar-refractivity contribution is 6.30. The largest absolute Gasteiger partial charge is 0.454 e.